The predicted molar refractivity (Wildman–Crippen MR) is 83.9 cm³/mol. The third kappa shape index (κ3) is 3.86. The first kappa shape index (κ1) is 14.6. The normalized spacial score (nSPS) is 20.9. The molecule has 0 bridgehead atoms. The maximum Gasteiger partial charge on any atom is 0.147 e. The second kappa shape index (κ2) is 5.81. The zero-order valence-corrected chi connectivity index (χ0v) is 13.1. The zero-order chi connectivity index (χ0) is 14.9. The van der Waals surface area contributed by atoms with Crippen molar-refractivity contribution in [1.82, 2.24) is 4.90 Å². The molecule has 1 atom stereocenters. The van der Waals surface area contributed by atoms with Gasteiger partial charge in [-0.3, -0.25) is 4.90 Å². The largest absolute Gasteiger partial charge is 0.460 e. The Morgan fingerprint density at radius 1 is 1.33 bits per heavy atom. The molecule has 3 rings (SSSR count). The van der Waals surface area contributed by atoms with Crippen molar-refractivity contribution in [3.05, 3.63) is 36.1 Å². The summed E-state index contributed by atoms with van der Waals surface area (Å²) in [6, 6.07) is 10.1. The smallest absolute Gasteiger partial charge is 0.147 e. The van der Waals surface area contributed by atoms with E-state index in [1.165, 1.54) is 6.26 Å². The Hall–Kier alpha value is -1.33. The van der Waals surface area contributed by atoms with Crippen molar-refractivity contribution in [2.24, 2.45) is 5.92 Å². The minimum Gasteiger partial charge on any atom is -0.460 e. The average molecular weight is 307 g/mol. The highest BCUT2D eigenvalue weighted by Gasteiger charge is 2.23. The number of para-hydroxylation sites is 1. The molecule has 1 fully saturated rings. The molecule has 2 heterocycles. The molecule has 0 radical (unpaired) electrons. The SMILES string of the molecule is CS(=O)(=O)CC1CCCN(Cc2cc3ccccc3o2)C1. The molecule has 0 N–H and O–H groups in total. The molecule has 1 aromatic heterocycles. The standard InChI is InChI=1S/C16H21NO3S/c1-21(18,19)12-13-5-4-8-17(10-13)11-15-9-14-6-2-3-7-16(14)20-15/h2-3,6-7,9,13H,4-5,8,10-12H2,1H3. The number of sulfone groups is 1. The molecule has 2 aromatic rings. The van der Waals surface area contributed by atoms with Crippen LogP contribution in [0.15, 0.2) is 34.7 Å². The summed E-state index contributed by atoms with van der Waals surface area (Å²) in [6.07, 6.45) is 3.38. The molecule has 4 nitrogen and oxygen atoms in total. The first-order chi connectivity index (χ1) is 9.99. The van der Waals surface area contributed by atoms with E-state index in [1.54, 1.807) is 0 Å². The molecular weight excluding hydrogens is 286 g/mol. The fourth-order valence-electron chi connectivity index (χ4n) is 3.19. The first-order valence-electron chi connectivity index (χ1n) is 7.37. The van der Waals surface area contributed by atoms with Crippen molar-refractivity contribution in [1.29, 1.82) is 0 Å². The third-order valence-electron chi connectivity index (χ3n) is 4.00. The lowest BCUT2D eigenvalue weighted by molar-refractivity contribution is 0.167. The number of rotatable bonds is 4. The summed E-state index contributed by atoms with van der Waals surface area (Å²) >= 11 is 0. The van der Waals surface area contributed by atoms with Crippen LogP contribution in [-0.2, 0) is 16.4 Å². The van der Waals surface area contributed by atoms with Gasteiger partial charge in [0.1, 0.15) is 21.2 Å². The molecule has 114 valence electrons. The van der Waals surface area contributed by atoms with Crippen molar-refractivity contribution in [3.63, 3.8) is 0 Å². The molecule has 0 aliphatic carbocycles. The molecule has 21 heavy (non-hydrogen) atoms. The van der Waals surface area contributed by atoms with Crippen molar-refractivity contribution in [2.45, 2.75) is 19.4 Å². The minimum absolute atomic E-state index is 0.248. The van der Waals surface area contributed by atoms with E-state index in [4.69, 9.17) is 4.42 Å². The van der Waals surface area contributed by atoms with Gasteiger partial charge in [-0.25, -0.2) is 8.42 Å². The Morgan fingerprint density at radius 2 is 2.14 bits per heavy atom. The van der Waals surface area contributed by atoms with E-state index in [0.29, 0.717) is 5.75 Å². The summed E-state index contributed by atoms with van der Waals surface area (Å²) in [5, 5.41) is 1.12. The quantitative estimate of drug-likeness (QED) is 0.871. The number of hydrogen-bond acceptors (Lipinski definition) is 4. The lowest BCUT2D eigenvalue weighted by atomic mass is 10.00. The lowest BCUT2D eigenvalue weighted by Gasteiger charge is -2.31. The van der Waals surface area contributed by atoms with Gasteiger partial charge in [-0.1, -0.05) is 18.2 Å². The summed E-state index contributed by atoms with van der Waals surface area (Å²) in [5.41, 5.74) is 0.914. The number of likely N-dealkylation sites (tertiary alicyclic amines) is 1. The highest BCUT2D eigenvalue weighted by atomic mass is 32.2. The Morgan fingerprint density at radius 3 is 2.90 bits per heavy atom. The Balaban J connectivity index is 1.66. The van der Waals surface area contributed by atoms with Crippen LogP contribution in [0.5, 0.6) is 0 Å². The third-order valence-corrected chi connectivity index (χ3v) is 5.07. The van der Waals surface area contributed by atoms with E-state index in [9.17, 15) is 8.42 Å². The molecule has 1 aliphatic rings. The number of hydrogen-bond donors (Lipinski definition) is 0. The molecule has 1 aromatic carbocycles. The maximum absolute atomic E-state index is 11.4. The van der Waals surface area contributed by atoms with Crippen LogP contribution in [-0.4, -0.2) is 38.4 Å². The van der Waals surface area contributed by atoms with Gasteiger partial charge in [0, 0.05) is 18.2 Å². The Bertz CT molecular complexity index is 687. The molecule has 1 aliphatic heterocycles. The second-order valence-corrected chi connectivity index (χ2v) is 8.27. The van der Waals surface area contributed by atoms with E-state index in [-0.39, 0.29) is 5.92 Å². The summed E-state index contributed by atoms with van der Waals surface area (Å²) in [7, 11) is -2.89. The van der Waals surface area contributed by atoms with Gasteiger partial charge in [-0.2, -0.15) is 0 Å². The van der Waals surface area contributed by atoms with E-state index < -0.39 is 9.84 Å². The van der Waals surface area contributed by atoms with Crippen LogP contribution < -0.4 is 0 Å². The first-order valence-corrected chi connectivity index (χ1v) is 9.43. The molecule has 0 saturated carbocycles. The highest BCUT2D eigenvalue weighted by molar-refractivity contribution is 7.90. The van der Waals surface area contributed by atoms with Gasteiger partial charge in [-0.05, 0) is 37.4 Å². The summed E-state index contributed by atoms with van der Waals surface area (Å²) in [6.45, 7) is 2.61. The molecule has 0 amide bonds. The van der Waals surface area contributed by atoms with Crippen molar-refractivity contribution in [2.75, 3.05) is 25.1 Å². The summed E-state index contributed by atoms with van der Waals surface area (Å²) < 4.78 is 28.7. The Kier molecular flexibility index (Phi) is 4.04. The molecule has 5 heteroatoms. The van der Waals surface area contributed by atoms with Crippen LogP contribution in [0, 0.1) is 5.92 Å². The highest BCUT2D eigenvalue weighted by Crippen LogP contribution is 2.23. The maximum atomic E-state index is 11.4. The number of fused-ring (bicyclic) bond motifs is 1. The summed E-state index contributed by atoms with van der Waals surface area (Å²) in [4.78, 5) is 2.30. The molecule has 1 saturated heterocycles. The van der Waals surface area contributed by atoms with Crippen LogP contribution in [0.3, 0.4) is 0 Å². The average Bonchev–Trinajstić information content (AvgIpc) is 2.79. The van der Waals surface area contributed by atoms with Gasteiger partial charge in [0.15, 0.2) is 0 Å². The fourth-order valence-corrected chi connectivity index (χ4v) is 4.32. The van der Waals surface area contributed by atoms with Crippen molar-refractivity contribution < 1.29 is 12.8 Å². The van der Waals surface area contributed by atoms with Crippen LogP contribution >= 0.6 is 0 Å². The van der Waals surface area contributed by atoms with Crippen LogP contribution in [0.1, 0.15) is 18.6 Å². The van der Waals surface area contributed by atoms with Gasteiger partial charge >= 0.3 is 0 Å². The number of nitrogens with zero attached hydrogens (tertiary/aromatic N) is 1. The van der Waals surface area contributed by atoms with E-state index in [0.717, 1.165) is 49.2 Å². The topological polar surface area (TPSA) is 50.5 Å². The van der Waals surface area contributed by atoms with Crippen LogP contribution in [0.2, 0.25) is 0 Å². The van der Waals surface area contributed by atoms with E-state index in [2.05, 4.69) is 11.0 Å². The van der Waals surface area contributed by atoms with Crippen LogP contribution in [0.25, 0.3) is 11.0 Å². The zero-order valence-electron chi connectivity index (χ0n) is 12.3. The van der Waals surface area contributed by atoms with Crippen LogP contribution in [0.4, 0.5) is 0 Å². The number of piperidine rings is 1. The van der Waals surface area contributed by atoms with Gasteiger partial charge in [-0.15, -0.1) is 0 Å². The van der Waals surface area contributed by atoms with Gasteiger partial charge in [0.25, 0.3) is 0 Å². The van der Waals surface area contributed by atoms with Gasteiger partial charge in [0.05, 0.1) is 12.3 Å². The van der Waals surface area contributed by atoms with Gasteiger partial charge < -0.3 is 4.42 Å². The Labute approximate surface area is 125 Å². The molecule has 1 unspecified atom stereocenters. The predicted octanol–water partition coefficient (Wildman–Crippen LogP) is 2.69. The van der Waals surface area contributed by atoms with Gasteiger partial charge in [0.2, 0.25) is 0 Å². The summed E-state index contributed by atoms with van der Waals surface area (Å²) in [5.74, 6) is 1.50. The second-order valence-electron chi connectivity index (χ2n) is 6.09. The van der Waals surface area contributed by atoms with E-state index >= 15 is 0 Å². The number of furan rings is 1. The molecule has 0 spiro atoms. The lowest BCUT2D eigenvalue weighted by Crippen LogP contribution is -2.37. The fraction of sp³-hybridized carbons (Fsp3) is 0.500. The molecular formula is C16H21NO3S. The van der Waals surface area contributed by atoms with Crippen molar-refractivity contribution in [3.8, 4) is 0 Å². The van der Waals surface area contributed by atoms with E-state index in [1.807, 2.05) is 24.3 Å². The monoisotopic (exact) mass is 307 g/mol. The number of benzene rings is 1. The van der Waals surface area contributed by atoms with Crippen molar-refractivity contribution >= 4 is 20.8 Å². The minimum atomic E-state index is -2.89.